The average Bonchev–Trinajstić information content (AvgIpc) is 2.76. The number of carbonyl (C=O) groups excluding carboxylic acids is 1. The summed E-state index contributed by atoms with van der Waals surface area (Å²) in [5.41, 5.74) is 0.460. The number of ether oxygens (including phenoxy) is 1. The largest absolute Gasteiger partial charge is 0.444 e. The standard InChI is InChI=1S/C19H25NO4S/c1-13-5-9-16(10-6-13)25(22,23)17-11-14-7-8-15(12-17)20(14)18(21)24-19(2,3)4/h5-6,9-11,14-15H,7-8,12H2,1-4H3/t14-,15+/m0/s1. The summed E-state index contributed by atoms with van der Waals surface area (Å²) in [4.78, 5) is 14.9. The van der Waals surface area contributed by atoms with E-state index >= 15 is 0 Å². The second-order valence-corrected chi connectivity index (χ2v) is 9.84. The van der Waals surface area contributed by atoms with Crippen molar-refractivity contribution in [1.82, 2.24) is 4.90 Å². The highest BCUT2D eigenvalue weighted by atomic mass is 32.2. The molecule has 1 aromatic carbocycles. The molecule has 2 bridgehead atoms. The number of amides is 1. The molecule has 1 amide bonds. The predicted octanol–water partition coefficient (Wildman–Crippen LogP) is 3.82. The number of aryl methyl sites for hydroxylation is 1. The van der Waals surface area contributed by atoms with Crippen LogP contribution in [0, 0.1) is 6.92 Å². The van der Waals surface area contributed by atoms with Crippen molar-refractivity contribution in [1.29, 1.82) is 0 Å². The van der Waals surface area contributed by atoms with Crippen LogP contribution in [0.1, 0.15) is 45.6 Å². The zero-order valence-electron chi connectivity index (χ0n) is 15.2. The summed E-state index contributed by atoms with van der Waals surface area (Å²) in [6, 6.07) is 6.58. The van der Waals surface area contributed by atoms with Gasteiger partial charge < -0.3 is 4.74 Å². The maximum Gasteiger partial charge on any atom is 0.411 e. The number of hydrogen-bond donors (Lipinski definition) is 0. The molecule has 0 unspecified atom stereocenters. The fourth-order valence-corrected chi connectivity index (χ4v) is 5.00. The van der Waals surface area contributed by atoms with Gasteiger partial charge in [-0.15, -0.1) is 0 Å². The average molecular weight is 363 g/mol. The molecule has 3 rings (SSSR count). The lowest BCUT2D eigenvalue weighted by atomic mass is 10.1. The minimum atomic E-state index is -3.51. The van der Waals surface area contributed by atoms with Crippen molar-refractivity contribution in [3.05, 3.63) is 40.8 Å². The Morgan fingerprint density at radius 2 is 1.80 bits per heavy atom. The van der Waals surface area contributed by atoms with E-state index in [0.29, 0.717) is 16.2 Å². The Balaban J connectivity index is 1.86. The molecule has 0 saturated carbocycles. The Labute approximate surface area is 149 Å². The minimum absolute atomic E-state index is 0.111. The zero-order valence-corrected chi connectivity index (χ0v) is 16.0. The van der Waals surface area contributed by atoms with E-state index < -0.39 is 15.4 Å². The molecule has 2 aliphatic rings. The number of rotatable bonds is 2. The molecule has 0 N–H and O–H groups in total. The molecule has 1 saturated heterocycles. The van der Waals surface area contributed by atoms with E-state index in [1.54, 1.807) is 35.2 Å². The molecular formula is C19H25NO4S. The molecule has 2 atom stereocenters. The van der Waals surface area contributed by atoms with Crippen LogP contribution in [0.3, 0.4) is 0 Å². The van der Waals surface area contributed by atoms with E-state index in [1.165, 1.54) is 0 Å². The molecule has 2 aliphatic heterocycles. The van der Waals surface area contributed by atoms with Gasteiger partial charge in [-0.1, -0.05) is 17.7 Å². The van der Waals surface area contributed by atoms with Gasteiger partial charge in [0.2, 0.25) is 9.84 Å². The van der Waals surface area contributed by atoms with Crippen molar-refractivity contribution >= 4 is 15.9 Å². The molecule has 5 nitrogen and oxygen atoms in total. The van der Waals surface area contributed by atoms with Gasteiger partial charge in [-0.2, -0.15) is 0 Å². The third-order valence-electron chi connectivity index (χ3n) is 4.64. The smallest absolute Gasteiger partial charge is 0.411 e. The van der Waals surface area contributed by atoms with Gasteiger partial charge in [-0.3, -0.25) is 4.90 Å². The highest BCUT2D eigenvalue weighted by Gasteiger charge is 2.43. The fraction of sp³-hybridized carbons (Fsp3) is 0.526. The number of benzene rings is 1. The van der Waals surface area contributed by atoms with E-state index in [0.717, 1.165) is 18.4 Å². The lowest BCUT2D eigenvalue weighted by molar-refractivity contribution is 0.0169. The van der Waals surface area contributed by atoms with E-state index in [2.05, 4.69) is 0 Å². The van der Waals surface area contributed by atoms with Crippen molar-refractivity contribution in [2.45, 2.75) is 69.5 Å². The van der Waals surface area contributed by atoms with Gasteiger partial charge in [0.1, 0.15) is 5.60 Å². The summed E-state index contributed by atoms with van der Waals surface area (Å²) in [7, 11) is -3.51. The Morgan fingerprint density at radius 3 is 2.36 bits per heavy atom. The second-order valence-electron chi connectivity index (χ2n) is 7.84. The summed E-state index contributed by atoms with van der Waals surface area (Å²) in [5, 5.41) is 0. The summed E-state index contributed by atoms with van der Waals surface area (Å²) in [5.74, 6) is 0. The minimum Gasteiger partial charge on any atom is -0.444 e. The van der Waals surface area contributed by atoms with Crippen LogP contribution >= 0.6 is 0 Å². The van der Waals surface area contributed by atoms with Crippen molar-refractivity contribution in [3.63, 3.8) is 0 Å². The van der Waals surface area contributed by atoms with Crippen LogP contribution in [0.25, 0.3) is 0 Å². The Bertz CT molecular complexity index is 803. The molecule has 2 heterocycles. The van der Waals surface area contributed by atoms with Gasteiger partial charge in [0.25, 0.3) is 0 Å². The lowest BCUT2D eigenvalue weighted by Gasteiger charge is -2.35. The first-order chi connectivity index (χ1) is 11.6. The molecule has 0 aliphatic carbocycles. The second kappa shape index (κ2) is 6.16. The molecule has 136 valence electrons. The quantitative estimate of drug-likeness (QED) is 0.801. The number of fused-ring (bicyclic) bond motifs is 2. The van der Waals surface area contributed by atoms with Crippen molar-refractivity contribution in [3.8, 4) is 0 Å². The van der Waals surface area contributed by atoms with E-state index in [9.17, 15) is 13.2 Å². The third kappa shape index (κ3) is 3.59. The van der Waals surface area contributed by atoms with Crippen molar-refractivity contribution in [2.24, 2.45) is 0 Å². The van der Waals surface area contributed by atoms with Crippen LogP contribution in [-0.2, 0) is 14.6 Å². The van der Waals surface area contributed by atoms with Crippen LogP contribution in [0.15, 0.2) is 40.1 Å². The van der Waals surface area contributed by atoms with Gasteiger partial charge in [-0.25, -0.2) is 13.2 Å². The number of hydrogen-bond acceptors (Lipinski definition) is 4. The van der Waals surface area contributed by atoms with Crippen LogP contribution < -0.4 is 0 Å². The number of sulfone groups is 1. The van der Waals surface area contributed by atoms with Crippen molar-refractivity contribution < 1.29 is 17.9 Å². The molecule has 1 fully saturated rings. The lowest BCUT2D eigenvalue weighted by Crippen LogP contribution is -2.46. The normalized spacial score (nSPS) is 23.4. The van der Waals surface area contributed by atoms with Crippen LogP contribution in [0.2, 0.25) is 0 Å². The molecular weight excluding hydrogens is 338 g/mol. The first kappa shape index (κ1) is 18.0. The Kier molecular flexibility index (Phi) is 4.43. The van der Waals surface area contributed by atoms with E-state index in [4.69, 9.17) is 4.74 Å². The molecule has 1 aromatic rings. The molecule has 6 heteroatoms. The highest BCUT2D eigenvalue weighted by molar-refractivity contribution is 7.95. The predicted molar refractivity (Wildman–Crippen MR) is 95.9 cm³/mol. The van der Waals surface area contributed by atoms with Gasteiger partial charge >= 0.3 is 6.09 Å². The number of carbonyl (C=O) groups is 1. The molecule has 0 aromatic heterocycles. The summed E-state index contributed by atoms with van der Waals surface area (Å²) >= 11 is 0. The van der Waals surface area contributed by atoms with Gasteiger partial charge in [0.05, 0.1) is 10.9 Å². The summed E-state index contributed by atoms with van der Waals surface area (Å²) in [6.45, 7) is 7.43. The van der Waals surface area contributed by atoms with Crippen LogP contribution in [-0.4, -0.2) is 37.1 Å². The topological polar surface area (TPSA) is 63.7 Å². The first-order valence-electron chi connectivity index (χ1n) is 8.62. The van der Waals surface area contributed by atoms with Crippen LogP contribution in [0.5, 0.6) is 0 Å². The Hall–Kier alpha value is -1.82. The first-order valence-corrected chi connectivity index (χ1v) is 10.1. The van der Waals surface area contributed by atoms with E-state index in [1.807, 2.05) is 27.7 Å². The molecule has 25 heavy (non-hydrogen) atoms. The third-order valence-corrected chi connectivity index (χ3v) is 6.53. The summed E-state index contributed by atoms with van der Waals surface area (Å²) in [6.07, 6.45) is 3.31. The summed E-state index contributed by atoms with van der Waals surface area (Å²) < 4.78 is 31.3. The SMILES string of the molecule is Cc1ccc(S(=O)(=O)C2=C[C@@H]3CC[C@H](C2)N3C(=O)OC(C)(C)C)cc1. The maximum absolute atomic E-state index is 12.9. The Morgan fingerprint density at radius 1 is 1.16 bits per heavy atom. The van der Waals surface area contributed by atoms with Crippen LogP contribution in [0.4, 0.5) is 4.79 Å². The highest BCUT2D eigenvalue weighted by Crippen LogP contribution is 2.39. The monoisotopic (exact) mass is 363 g/mol. The zero-order chi connectivity index (χ0) is 18.4. The maximum atomic E-state index is 12.9. The van der Waals surface area contributed by atoms with Crippen molar-refractivity contribution in [2.75, 3.05) is 0 Å². The molecule has 0 spiro atoms. The van der Waals surface area contributed by atoms with Gasteiger partial charge in [0, 0.05) is 17.4 Å². The van der Waals surface area contributed by atoms with Gasteiger partial charge in [0.15, 0.2) is 0 Å². The molecule has 0 radical (unpaired) electrons. The fourth-order valence-electron chi connectivity index (χ4n) is 3.46. The van der Waals surface area contributed by atoms with Gasteiger partial charge in [-0.05, 0) is 58.7 Å². The van der Waals surface area contributed by atoms with E-state index in [-0.39, 0.29) is 18.2 Å². The number of nitrogens with zero attached hydrogens (tertiary/aromatic N) is 1.